The molecular weight excluding hydrogens is 457 g/mol. The third-order valence-corrected chi connectivity index (χ3v) is 5.10. The van der Waals surface area contributed by atoms with E-state index >= 15 is 0 Å². The fourth-order valence-electron chi connectivity index (χ4n) is 3.33. The van der Waals surface area contributed by atoms with E-state index in [0.29, 0.717) is 11.3 Å². The van der Waals surface area contributed by atoms with Gasteiger partial charge in [0.25, 0.3) is 6.47 Å². The fourth-order valence-corrected chi connectivity index (χ4v) is 3.33. The largest absolute Gasteiger partial charge is 0.483 e. The van der Waals surface area contributed by atoms with E-state index in [1.54, 1.807) is 6.08 Å². The summed E-state index contributed by atoms with van der Waals surface area (Å²) in [6.07, 6.45) is 4.13. The first-order valence-electron chi connectivity index (χ1n) is 11.3. The monoisotopic (exact) mass is 490 g/mol. The lowest BCUT2D eigenvalue weighted by Gasteiger charge is -2.32. The predicted octanol–water partition coefficient (Wildman–Crippen LogP) is 5.67. The van der Waals surface area contributed by atoms with Gasteiger partial charge in [0.2, 0.25) is 0 Å². The molecule has 1 heterocycles. The van der Waals surface area contributed by atoms with Gasteiger partial charge in [-0.05, 0) is 56.0 Å². The molecule has 0 aromatic heterocycles. The van der Waals surface area contributed by atoms with Gasteiger partial charge in [-0.15, -0.1) is 0 Å². The van der Waals surface area contributed by atoms with Crippen molar-refractivity contribution in [1.29, 1.82) is 0 Å². The molecule has 1 aliphatic rings. The van der Waals surface area contributed by atoms with Gasteiger partial charge in [0, 0.05) is 24.0 Å². The molecule has 0 spiro atoms. The van der Waals surface area contributed by atoms with Gasteiger partial charge in [-0.3, -0.25) is 4.79 Å². The standard InChI is InChI=1S/C26H31F3N2O.CH2O2/c1-5-7-10-25-23(30-14-13-26(27,28)29)17-21(9-8-15-32)18-31(25)24(6-2)22-12-11-19(3)20(4)16-22;2-1-3/h6,10-12,16-18,30,32H,5,7,13-15H2,1-4H3;1H,(H,2,3)/b24-6-,25-10+;. The predicted molar refractivity (Wildman–Crippen MR) is 133 cm³/mol. The van der Waals surface area contributed by atoms with E-state index in [1.165, 1.54) is 5.56 Å². The molecule has 1 aliphatic heterocycles. The molecule has 2 rings (SSSR count). The number of hydrogen-bond acceptors (Lipinski definition) is 4. The highest BCUT2D eigenvalue weighted by Gasteiger charge is 2.27. The number of rotatable bonds is 7. The van der Waals surface area contributed by atoms with E-state index in [9.17, 15) is 13.2 Å². The quantitative estimate of drug-likeness (QED) is 0.339. The third kappa shape index (κ3) is 9.75. The fraction of sp³-hybridized carbons (Fsp3) is 0.370. The first-order valence-corrected chi connectivity index (χ1v) is 11.3. The smallest absolute Gasteiger partial charge is 0.390 e. The minimum atomic E-state index is -4.24. The van der Waals surface area contributed by atoms with Crippen LogP contribution < -0.4 is 5.32 Å². The average molecular weight is 491 g/mol. The molecule has 190 valence electrons. The summed E-state index contributed by atoms with van der Waals surface area (Å²) in [4.78, 5) is 10.3. The summed E-state index contributed by atoms with van der Waals surface area (Å²) in [6, 6.07) is 6.20. The number of nitrogens with one attached hydrogen (secondary N) is 1. The number of halogens is 3. The van der Waals surface area contributed by atoms with Crippen LogP contribution >= 0.6 is 0 Å². The number of unbranched alkanes of at least 4 members (excludes halogenated alkanes) is 1. The van der Waals surface area contributed by atoms with Crippen LogP contribution in [0.25, 0.3) is 5.70 Å². The van der Waals surface area contributed by atoms with Gasteiger partial charge in [0.1, 0.15) is 6.61 Å². The second kappa shape index (κ2) is 14.7. The van der Waals surface area contributed by atoms with E-state index in [1.807, 2.05) is 43.2 Å². The van der Waals surface area contributed by atoms with Gasteiger partial charge in [-0.1, -0.05) is 49.5 Å². The minimum absolute atomic E-state index is 0.234. The van der Waals surface area contributed by atoms with Crippen molar-refractivity contribution in [2.45, 2.75) is 53.1 Å². The van der Waals surface area contributed by atoms with E-state index in [4.69, 9.17) is 15.0 Å². The lowest BCUT2D eigenvalue weighted by Crippen LogP contribution is -2.29. The average Bonchev–Trinajstić information content (AvgIpc) is 2.79. The number of benzene rings is 1. The lowest BCUT2D eigenvalue weighted by molar-refractivity contribution is -0.133. The van der Waals surface area contributed by atoms with Gasteiger partial charge in [0.05, 0.1) is 17.8 Å². The molecule has 5 nitrogen and oxygen atoms in total. The molecular formula is C27H33F3N2O3. The number of nitrogens with zero attached hydrogens (tertiary/aromatic N) is 1. The van der Waals surface area contributed by atoms with Crippen molar-refractivity contribution in [2.24, 2.45) is 0 Å². The molecule has 0 saturated carbocycles. The van der Waals surface area contributed by atoms with Crippen LogP contribution in [0, 0.1) is 25.7 Å². The molecule has 0 amide bonds. The summed E-state index contributed by atoms with van der Waals surface area (Å²) >= 11 is 0. The Hall–Kier alpha value is -3.44. The van der Waals surface area contributed by atoms with Crippen LogP contribution in [0.1, 0.15) is 49.8 Å². The van der Waals surface area contributed by atoms with Crippen molar-refractivity contribution >= 4 is 12.2 Å². The van der Waals surface area contributed by atoms with E-state index < -0.39 is 12.6 Å². The van der Waals surface area contributed by atoms with Crippen LogP contribution in [0.2, 0.25) is 0 Å². The van der Waals surface area contributed by atoms with Gasteiger partial charge >= 0.3 is 6.18 Å². The zero-order chi connectivity index (χ0) is 26.4. The van der Waals surface area contributed by atoms with Crippen molar-refractivity contribution in [3.63, 3.8) is 0 Å². The van der Waals surface area contributed by atoms with Crippen LogP contribution in [0.15, 0.2) is 59.6 Å². The Bertz CT molecular complexity index is 1040. The molecule has 8 heteroatoms. The zero-order valence-electron chi connectivity index (χ0n) is 20.5. The molecule has 0 unspecified atom stereocenters. The van der Waals surface area contributed by atoms with E-state index in [-0.39, 0.29) is 19.6 Å². The second-order valence-corrected chi connectivity index (χ2v) is 7.72. The maximum absolute atomic E-state index is 12.7. The minimum Gasteiger partial charge on any atom is -0.483 e. The summed E-state index contributed by atoms with van der Waals surface area (Å²) in [5.41, 5.74) is 6.21. The summed E-state index contributed by atoms with van der Waals surface area (Å²) in [5.74, 6) is 5.52. The van der Waals surface area contributed by atoms with E-state index in [0.717, 1.165) is 35.4 Å². The molecule has 0 bridgehead atoms. The maximum atomic E-state index is 12.7. The Labute approximate surface area is 205 Å². The number of allylic oxidation sites excluding steroid dienone is 4. The number of carbonyl (C=O) groups is 1. The molecule has 0 atom stereocenters. The number of aliphatic hydroxyl groups is 1. The van der Waals surface area contributed by atoms with Crippen molar-refractivity contribution in [3.05, 3.63) is 76.3 Å². The van der Waals surface area contributed by atoms with Crippen LogP contribution in [0.5, 0.6) is 0 Å². The highest BCUT2D eigenvalue weighted by atomic mass is 19.4. The van der Waals surface area contributed by atoms with Crippen molar-refractivity contribution < 1.29 is 28.2 Å². The first kappa shape index (κ1) is 29.6. The van der Waals surface area contributed by atoms with Crippen LogP contribution in [0.4, 0.5) is 13.2 Å². The highest BCUT2D eigenvalue weighted by molar-refractivity contribution is 5.70. The number of aliphatic hydroxyl groups excluding tert-OH is 1. The second-order valence-electron chi connectivity index (χ2n) is 7.72. The summed E-state index contributed by atoms with van der Waals surface area (Å²) in [5, 5.41) is 19.0. The van der Waals surface area contributed by atoms with Crippen molar-refractivity contribution in [1.82, 2.24) is 10.2 Å². The topological polar surface area (TPSA) is 72.8 Å². The van der Waals surface area contributed by atoms with Crippen molar-refractivity contribution in [3.8, 4) is 11.8 Å². The lowest BCUT2D eigenvalue weighted by atomic mass is 10.0. The van der Waals surface area contributed by atoms with Crippen LogP contribution in [0.3, 0.4) is 0 Å². The normalized spacial score (nSPS) is 14.8. The Balaban J connectivity index is 0.00000194. The SMILES string of the molecule is C/C=C(/c1ccc(C)c(C)c1)N1C=C(C#CCO)C=C(NCCC(F)(F)F)/C1=C\CCC.O=CO. The number of carboxylic acid groups (broad SMARTS) is 1. The summed E-state index contributed by atoms with van der Waals surface area (Å²) < 4.78 is 38.2. The molecule has 0 saturated heterocycles. The number of hydrogen-bond donors (Lipinski definition) is 3. The molecule has 1 aromatic rings. The Kier molecular flexibility index (Phi) is 12.5. The molecule has 0 aliphatic carbocycles. The summed E-state index contributed by atoms with van der Waals surface area (Å²) in [7, 11) is 0. The molecule has 0 fully saturated rings. The molecule has 3 N–H and O–H groups in total. The van der Waals surface area contributed by atoms with Gasteiger partial charge in [-0.2, -0.15) is 13.2 Å². The van der Waals surface area contributed by atoms with Crippen LogP contribution in [-0.4, -0.2) is 40.9 Å². The highest BCUT2D eigenvalue weighted by Crippen LogP contribution is 2.33. The Morgan fingerprint density at radius 1 is 1.23 bits per heavy atom. The van der Waals surface area contributed by atoms with Gasteiger partial charge < -0.3 is 20.4 Å². The molecule has 0 radical (unpaired) electrons. The Morgan fingerprint density at radius 3 is 2.46 bits per heavy atom. The van der Waals surface area contributed by atoms with Gasteiger partial charge in [-0.25, -0.2) is 0 Å². The maximum Gasteiger partial charge on any atom is 0.390 e. The first-order chi connectivity index (χ1) is 16.6. The number of alkyl halides is 3. The molecule has 35 heavy (non-hydrogen) atoms. The van der Waals surface area contributed by atoms with E-state index in [2.05, 4.69) is 43.1 Å². The van der Waals surface area contributed by atoms with Crippen LogP contribution in [-0.2, 0) is 4.79 Å². The third-order valence-electron chi connectivity index (χ3n) is 5.10. The van der Waals surface area contributed by atoms with Crippen molar-refractivity contribution in [2.75, 3.05) is 13.2 Å². The van der Waals surface area contributed by atoms with Gasteiger partial charge in [0.15, 0.2) is 0 Å². The Morgan fingerprint density at radius 2 is 1.91 bits per heavy atom. The molecule has 1 aromatic carbocycles. The number of aryl methyl sites for hydroxylation is 2. The zero-order valence-corrected chi connectivity index (χ0v) is 20.5. The summed E-state index contributed by atoms with van der Waals surface area (Å²) in [6.45, 7) is 7.31.